The van der Waals surface area contributed by atoms with Gasteiger partial charge in [0, 0.05) is 18.9 Å². The molecule has 0 saturated carbocycles. The molecular formula is C11H19N3O2. The van der Waals surface area contributed by atoms with E-state index in [4.69, 9.17) is 0 Å². The Morgan fingerprint density at radius 2 is 2.38 bits per heavy atom. The number of aliphatic carboxylic acids is 1. The predicted molar refractivity (Wildman–Crippen MR) is 61.2 cm³/mol. The zero-order valence-electron chi connectivity index (χ0n) is 9.81. The molecule has 0 radical (unpaired) electrons. The summed E-state index contributed by atoms with van der Waals surface area (Å²) in [7, 11) is 1.70. The molecule has 1 aromatic rings. The van der Waals surface area contributed by atoms with E-state index in [0.717, 1.165) is 13.0 Å². The number of nitrogens with zero attached hydrogens (tertiary/aromatic N) is 2. The standard InChI is InChI=1S/C11H19N3O2/c1-3-11(12-2,10(15)16)5-4-7-14-8-6-13-9-14/h6,8-9,12H,3-5,7H2,1-2H3,(H,15,16). The van der Waals surface area contributed by atoms with Crippen LogP contribution in [0.4, 0.5) is 0 Å². The molecule has 0 aliphatic rings. The van der Waals surface area contributed by atoms with Crippen molar-refractivity contribution in [3.63, 3.8) is 0 Å². The van der Waals surface area contributed by atoms with Gasteiger partial charge < -0.3 is 15.0 Å². The molecule has 1 rings (SSSR count). The van der Waals surface area contributed by atoms with Gasteiger partial charge in [-0.25, -0.2) is 4.98 Å². The highest BCUT2D eigenvalue weighted by atomic mass is 16.4. The number of aromatic nitrogens is 2. The van der Waals surface area contributed by atoms with Crippen LogP contribution in [-0.4, -0.2) is 33.2 Å². The molecule has 0 saturated heterocycles. The molecule has 90 valence electrons. The summed E-state index contributed by atoms with van der Waals surface area (Å²) < 4.78 is 1.96. The molecular weight excluding hydrogens is 206 g/mol. The fourth-order valence-corrected chi connectivity index (χ4v) is 1.83. The van der Waals surface area contributed by atoms with Crippen LogP contribution in [0.2, 0.25) is 0 Å². The van der Waals surface area contributed by atoms with Crippen LogP contribution in [-0.2, 0) is 11.3 Å². The lowest BCUT2D eigenvalue weighted by Gasteiger charge is -2.27. The summed E-state index contributed by atoms with van der Waals surface area (Å²) in [5.41, 5.74) is -0.791. The summed E-state index contributed by atoms with van der Waals surface area (Å²) >= 11 is 0. The van der Waals surface area contributed by atoms with Crippen molar-refractivity contribution >= 4 is 5.97 Å². The quantitative estimate of drug-likeness (QED) is 0.729. The summed E-state index contributed by atoms with van der Waals surface area (Å²) in [4.78, 5) is 15.1. The first-order valence-electron chi connectivity index (χ1n) is 5.52. The molecule has 5 heteroatoms. The fourth-order valence-electron chi connectivity index (χ4n) is 1.83. The Balaban J connectivity index is 2.47. The van der Waals surface area contributed by atoms with E-state index in [1.165, 1.54) is 0 Å². The first kappa shape index (κ1) is 12.7. The van der Waals surface area contributed by atoms with E-state index >= 15 is 0 Å². The van der Waals surface area contributed by atoms with Gasteiger partial charge in [0.1, 0.15) is 5.54 Å². The van der Waals surface area contributed by atoms with E-state index in [2.05, 4.69) is 10.3 Å². The van der Waals surface area contributed by atoms with E-state index in [9.17, 15) is 9.90 Å². The molecule has 1 unspecified atom stereocenters. The number of carboxylic acid groups (broad SMARTS) is 1. The Labute approximate surface area is 95.5 Å². The molecule has 1 heterocycles. The SMILES string of the molecule is CCC(CCCn1ccnc1)(NC)C(=O)O. The van der Waals surface area contributed by atoms with Crippen LogP contribution >= 0.6 is 0 Å². The number of imidazole rings is 1. The van der Waals surface area contributed by atoms with Crippen LogP contribution in [0.15, 0.2) is 18.7 Å². The van der Waals surface area contributed by atoms with Gasteiger partial charge in [0.15, 0.2) is 0 Å². The number of rotatable bonds is 7. The van der Waals surface area contributed by atoms with Crippen LogP contribution in [0.1, 0.15) is 26.2 Å². The lowest BCUT2D eigenvalue weighted by Crippen LogP contribution is -2.49. The Morgan fingerprint density at radius 1 is 1.62 bits per heavy atom. The Morgan fingerprint density at radius 3 is 2.81 bits per heavy atom. The lowest BCUT2D eigenvalue weighted by atomic mass is 9.90. The summed E-state index contributed by atoms with van der Waals surface area (Å²) in [6.45, 7) is 2.69. The Hall–Kier alpha value is -1.36. The monoisotopic (exact) mass is 225 g/mol. The van der Waals surface area contributed by atoms with Crippen molar-refractivity contribution in [2.45, 2.75) is 38.3 Å². The van der Waals surface area contributed by atoms with Gasteiger partial charge in [0.25, 0.3) is 0 Å². The van der Waals surface area contributed by atoms with Crippen LogP contribution in [0, 0.1) is 0 Å². The normalized spacial score (nSPS) is 14.6. The second-order valence-corrected chi connectivity index (χ2v) is 3.89. The predicted octanol–water partition coefficient (Wildman–Crippen LogP) is 1.12. The van der Waals surface area contributed by atoms with Crippen LogP contribution < -0.4 is 5.32 Å². The van der Waals surface area contributed by atoms with Gasteiger partial charge >= 0.3 is 5.97 Å². The number of carboxylic acids is 1. The molecule has 0 amide bonds. The van der Waals surface area contributed by atoms with Crippen LogP contribution in [0.25, 0.3) is 0 Å². The maximum absolute atomic E-state index is 11.2. The van der Waals surface area contributed by atoms with Crippen molar-refractivity contribution < 1.29 is 9.90 Å². The smallest absolute Gasteiger partial charge is 0.323 e. The van der Waals surface area contributed by atoms with Gasteiger partial charge in [0.05, 0.1) is 6.33 Å². The number of likely N-dealkylation sites (N-methyl/N-ethyl adjacent to an activating group) is 1. The summed E-state index contributed by atoms with van der Waals surface area (Å²) in [5.74, 6) is -0.775. The third-order valence-electron chi connectivity index (χ3n) is 3.07. The molecule has 0 aromatic carbocycles. The van der Waals surface area contributed by atoms with E-state index in [1.54, 1.807) is 19.6 Å². The average Bonchev–Trinajstić information content (AvgIpc) is 2.77. The second kappa shape index (κ2) is 5.65. The molecule has 0 aliphatic carbocycles. The third-order valence-corrected chi connectivity index (χ3v) is 3.07. The Kier molecular flexibility index (Phi) is 4.49. The summed E-state index contributed by atoms with van der Waals surface area (Å²) in [6.07, 6.45) is 7.37. The lowest BCUT2D eigenvalue weighted by molar-refractivity contribution is -0.145. The number of aryl methyl sites for hydroxylation is 1. The van der Waals surface area contributed by atoms with Gasteiger partial charge in [-0.05, 0) is 26.3 Å². The van der Waals surface area contributed by atoms with Crippen molar-refractivity contribution in [1.29, 1.82) is 0 Å². The highest BCUT2D eigenvalue weighted by Gasteiger charge is 2.33. The van der Waals surface area contributed by atoms with Crippen molar-refractivity contribution in [2.24, 2.45) is 0 Å². The Bertz CT molecular complexity index is 318. The van der Waals surface area contributed by atoms with Gasteiger partial charge in [-0.1, -0.05) is 6.92 Å². The zero-order valence-corrected chi connectivity index (χ0v) is 9.81. The molecule has 16 heavy (non-hydrogen) atoms. The second-order valence-electron chi connectivity index (χ2n) is 3.89. The van der Waals surface area contributed by atoms with Gasteiger partial charge in [0.2, 0.25) is 0 Å². The first-order valence-corrected chi connectivity index (χ1v) is 5.52. The third kappa shape index (κ3) is 2.82. The van der Waals surface area contributed by atoms with Crippen molar-refractivity contribution in [3.8, 4) is 0 Å². The average molecular weight is 225 g/mol. The van der Waals surface area contributed by atoms with Gasteiger partial charge in [-0.3, -0.25) is 4.79 Å². The maximum Gasteiger partial charge on any atom is 0.323 e. The van der Waals surface area contributed by atoms with Crippen molar-refractivity contribution in [1.82, 2.24) is 14.9 Å². The largest absolute Gasteiger partial charge is 0.480 e. The van der Waals surface area contributed by atoms with Crippen LogP contribution in [0.5, 0.6) is 0 Å². The highest BCUT2D eigenvalue weighted by molar-refractivity contribution is 5.78. The van der Waals surface area contributed by atoms with Crippen LogP contribution in [0.3, 0.4) is 0 Å². The minimum Gasteiger partial charge on any atom is -0.480 e. The van der Waals surface area contributed by atoms with E-state index in [0.29, 0.717) is 12.8 Å². The van der Waals surface area contributed by atoms with E-state index in [-0.39, 0.29) is 0 Å². The molecule has 0 fully saturated rings. The minimum atomic E-state index is -0.791. The summed E-state index contributed by atoms with van der Waals surface area (Å²) in [5, 5.41) is 12.1. The number of hydrogen-bond donors (Lipinski definition) is 2. The molecule has 1 aromatic heterocycles. The molecule has 0 aliphatic heterocycles. The van der Waals surface area contributed by atoms with Gasteiger partial charge in [-0.15, -0.1) is 0 Å². The first-order chi connectivity index (χ1) is 7.64. The molecule has 0 bridgehead atoms. The number of carbonyl (C=O) groups is 1. The number of hydrogen-bond acceptors (Lipinski definition) is 3. The van der Waals surface area contributed by atoms with E-state index in [1.807, 2.05) is 17.7 Å². The molecule has 0 spiro atoms. The minimum absolute atomic E-state index is 0.586. The number of nitrogens with one attached hydrogen (secondary N) is 1. The molecule has 2 N–H and O–H groups in total. The van der Waals surface area contributed by atoms with Crippen molar-refractivity contribution in [3.05, 3.63) is 18.7 Å². The zero-order chi connectivity index (χ0) is 12.0. The topological polar surface area (TPSA) is 67.2 Å². The maximum atomic E-state index is 11.2. The summed E-state index contributed by atoms with van der Waals surface area (Å²) in [6, 6.07) is 0. The highest BCUT2D eigenvalue weighted by Crippen LogP contribution is 2.17. The van der Waals surface area contributed by atoms with Gasteiger partial charge in [-0.2, -0.15) is 0 Å². The fraction of sp³-hybridized carbons (Fsp3) is 0.636. The van der Waals surface area contributed by atoms with E-state index < -0.39 is 11.5 Å². The molecule has 5 nitrogen and oxygen atoms in total. The molecule has 1 atom stereocenters. The van der Waals surface area contributed by atoms with Crippen molar-refractivity contribution in [2.75, 3.05) is 7.05 Å².